The van der Waals surface area contributed by atoms with Crippen molar-refractivity contribution in [3.63, 3.8) is 0 Å². The smallest absolute Gasteiger partial charge is 0.336 e. The Labute approximate surface area is 108 Å². The van der Waals surface area contributed by atoms with Gasteiger partial charge in [0, 0.05) is 23.3 Å². The first-order valence-electron chi connectivity index (χ1n) is 4.84. The molecule has 0 spiro atoms. The highest BCUT2D eigenvalue weighted by molar-refractivity contribution is 8.13. The summed E-state index contributed by atoms with van der Waals surface area (Å²) in [7, 11) is 0. The van der Waals surface area contributed by atoms with Crippen LogP contribution in [-0.2, 0) is 4.79 Å². The number of benzene rings is 1. The van der Waals surface area contributed by atoms with Gasteiger partial charge in [0.15, 0.2) is 5.12 Å². The van der Waals surface area contributed by atoms with Crippen molar-refractivity contribution in [1.82, 2.24) is 0 Å². The van der Waals surface area contributed by atoms with Crippen molar-refractivity contribution >= 4 is 40.5 Å². The Morgan fingerprint density at radius 2 is 2.18 bits per heavy atom. The van der Waals surface area contributed by atoms with Crippen molar-refractivity contribution in [1.29, 1.82) is 0 Å². The van der Waals surface area contributed by atoms with E-state index in [2.05, 4.69) is 0 Å². The Morgan fingerprint density at radius 1 is 1.47 bits per heavy atom. The highest BCUT2D eigenvalue weighted by atomic mass is 35.5. The fourth-order valence-electron chi connectivity index (χ4n) is 1.22. The first kappa shape index (κ1) is 13.8. The molecule has 0 aromatic heterocycles. The molecule has 0 heterocycles. The number of carboxylic acid groups (broad SMARTS) is 1. The summed E-state index contributed by atoms with van der Waals surface area (Å²) in [5.74, 6) is -0.522. The zero-order valence-corrected chi connectivity index (χ0v) is 10.7. The van der Waals surface area contributed by atoms with E-state index in [1.807, 2.05) is 0 Å². The molecular weight excluding hydrogens is 260 g/mol. The average Bonchev–Trinajstić information content (AvgIpc) is 2.25. The zero-order valence-electron chi connectivity index (χ0n) is 9.14. The van der Waals surface area contributed by atoms with E-state index in [1.54, 1.807) is 24.3 Å². The molecule has 3 nitrogen and oxygen atoms in total. The van der Waals surface area contributed by atoms with Crippen molar-refractivity contribution in [3.8, 4) is 0 Å². The predicted octanol–water partition coefficient (Wildman–Crippen LogP) is 3.33. The number of carbonyl (C=O) groups excluding carboxylic acids is 1. The number of hydrogen-bond donors (Lipinski definition) is 1. The minimum Gasteiger partial charge on any atom is -0.478 e. The topological polar surface area (TPSA) is 54.4 Å². The molecule has 0 saturated heterocycles. The van der Waals surface area contributed by atoms with E-state index < -0.39 is 5.97 Å². The van der Waals surface area contributed by atoms with Gasteiger partial charge in [0.2, 0.25) is 0 Å². The molecule has 0 amide bonds. The van der Waals surface area contributed by atoms with Crippen LogP contribution < -0.4 is 0 Å². The van der Waals surface area contributed by atoms with Gasteiger partial charge < -0.3 is 5.11 Å². The summed E-state index contributed by atoms with van der Waals surface area (Å²) in [6, 6.07) is 4.71. The second-order valence-electron chi connectivity index (χ2n) is 3.21. The molecular formula is C12H11ClO3S. The van der Waals surface area contributed by atoms with E-state index >= 15 is 0 Å². The Hall–Kier alpha value is -1.26. The molecule has 0 fully saturated rings. The fourth-order valence-corrected chi connectivity index (χ4v) is 1.89. The Bertz CT molecular complexity index is 469. The van der Waals surface area contributed by atoms with E-state index in [0.717, 1.165) is 11.8 Å². The lowest BCUT2D eigenvalue weighted by atomic mass is 10.1. The van der Waals surface area contributed by atoms with Gasteiger partial charge in [-0.2, -0.15) is 0 Å². The van der Waals surface area contributed by atoms with E-state index in [-0.39, 0.29) is 10.7 Å². The molecule has 1 aromatic carbocycles. The van der Waals surface area contributed by atoms with Gasteiger partial charge in [-0.1, -0.05) is 41.6 Å². The van der Waals surface area contributed by atoms with Crippen molar-refractivity contribution < 1.29 is 14.7 Å². The molecule has 0 unspecified atom stereocenters. The zero-order chi connectivity index (χ0) is 12.8. The standard InChI is InChI=1S/C12H11ClO3S/c1-8(14)17-7-3-5-9-10(12(15)16)4-2-6-11(9)13/h2-6H,7H2,1H3,(H,15,16). The quantitative estimate of drug-likeness (QED) is 0.912. The third-order valence-corrected chi connectivity index (χ3v) is 3.05. The molecule has 5 heteroatoms. The van der Waals surface area contributed by atoms with Crippen LogP contribution in [0.15, 0.2) is 24.3 Å². The minimum absolute atomic E-state index is 0.0206. The summed E-state index contributed by atoms with van der Waals surface area (Å²) in [6.07, 6.45) is 3.35. The lowest BCUT2D eigenvalue weighted by Gasteiger charge is -2.03. The maximum atomic E-state index is 11.0. The van der Waals surface area contributed by atoms with Gasteiger partial charge in [0.05, 0.1) is 5.56 Å². The molecule has 90 valence electrons. The Morgan fingerprint density at radius 3 is 2.76 bits per heavy atom. The molecule has 17 heavy (non-hydrogen) atoms. The molecule has 1 aromatic rings. The van der Waals surface area contributed by atoms with Crippen molar-refractivity contribution in [2.45, 2.75) is 6.92 Å². The molecule has 0 atom stereocenters. The monoisotopic (exact) mass is 270 g/mol. The number of hydrogen-bond acceptors (Lipinski definition) is 3. The van der Waals surface area contributed by atoms with Crippen LogP contribution in [-0.4, -0.2) is 21.9 Å². The number of carboxylic acids is 1. The summed E-state index contributed by atoms with van der Waals surface area (Å²) in [5.41, 5.74) is 0.618. The maximum Gasteiger partial charge on any atom is 0.336 e. The lowest BCUT2D eigenvalue weighted by molar-refractivity contribution is -0.109. The van der Waals surface area contributed by atoms with E-state index in [1.165, 1.54) is 13.0 Å². The highest BCUT2D eigenvalue weighted by Crippen LogP contribution is 2.22. The molecule has 0 radical (unpaired) electrons. The second kappa shape index (κ2) is 6.47. The molecule has 0 aliphatic rings. The van der Waals surface area contributed by atoms with Crippen LogP contribution in [0.25, 0.3) is 6.08 Å². The van der Waals surface area contributed by atoms with Gasteiger partial charge in [0.1, 0.15) is 0 Å². The summed E-state index contributed by atoms with van der Waals surface area (Å²) < 4.78 is 0. The van der Waals surface area contributed by atoms with Gasteiger partial charge in [-0.15, -0.1) is 0 Å². The van der Waals surface area contributed by atoms with Crippen LogP contribution in [0, 0.1) is 0 Å². The van der Waals surface area contributed by atoms with Crippen LogP contribution in [0.2, 0.25) is 5.02 Å². The molecule has 0 saturated carbocycles. The van der Waals surface area contributed by atoms with Crippen LogP contribution in [0.4, 0.5) is 0 Å². The second-order valence-corrected chi connectivity index (χ2v) is 4.82. The van der Waals surface area contributed by atoms with E-state index in [0.29, 0.717) is 16.3 Å². The molecule has 0 bridgehead atoms. The van der Waals surface area contributed by atoms with Gasteiger partial charge in [-0.3, -0.25) is 4.79 Å². The number of aromatic carboxylic acids is 1. The highest BCUT2D eigenvalue weighted by Gasteiger charge is 2.10. The predicted molar refractivity (Wildman–Crippen MR) is 70.6 cm³/mol. The van der Waals surface area contributed by atoms with Crippen LogP contribution >= 0.6 is 23.4 Å². The summed E-state index contributed by atoms with van der Waals surface area (Å²) >= 11 is 7.08. The fraction of sp³-hybridized carbons (Fsp3) is 0.167. The van der Waals surface area contributed by atoms with Gasteiger partial charge in [0.25, 0.3) is 0 Å². The van der Waals surface area contributed by atoms with Crippen LogP contribution in [0.3, 0.4) is 0 Å². The number of rotatable bonds is 4. The van der Waals surface area contributed by atoms with Crippen molar-refractivity contribution in [3.05, 3.63) is 40.4 Å². The van der Waals surface area contributed by atoms with Gasteiger partial charge >= 0.3 is 5.97 Å². The number of thioether (sulfide) groups is 1. The van der Waals surface area contributed by atoms with Crippen molar-refractivity contribution in [2.75, 3.05) is 5.75 Å². The maximum absolute atomic E-state index is 11.0. The largest absolute Gasteiger partial charge is 0.478 e. The van der Waals surface area contributed by atoms with Crippen LogP contribution in [0.5, 0.6) is 0 Å². The minimum atomic E-state index is -1.02. The third kappa shape index (κ3) is 4.24. The van der Waals surface area contributed by atoms with E-state index in [9.17, 15) is 9.59 Å². The van der Waals surface area contributed by atoms with Crippen molar-refractivity contribution in [2.24, 2.45) is 0 Å². The summed E-state index contributed by atoms with van der Waals surface area (Å²) in [6.45, 7) is 1.48. The third-order valence-electron chi connectivity index (χ3n) is 1.95. The molecule has 0 aliphatic carbocycles. The first-order chi connectivity index (χ1) is 8.02. The van der Waals surface area contributed by atoms with Gasteiger partial charge in [-0.25, -0.2) is 4.79 Å². The molecule has 1 rings (SSSR count). The Balaban J connectivity index is 2.89. The van der Waals surface area contributed by atoms with Crippen LogP contribution in [0.1, 0.15) is 22.8 Å². The SMILES string of the molecule is CC(=O)SCC=Cc1c(Cl)cccc1C(=O)O. The number of halogens is 1. The summed E-state index contributed by atoms with van der Waals surface area (Å²) in [5, 5.41) is 9.39. The van der Waals surface area contributed by atoms with Gasteiger partial charge in [-0.05, 0) is 12.1 Å². The Kier molecular flexibility index (Phi) is 5.25. The summed E-state index contributed by atoms with van der Waals surface area (Å²) in [4.78, 5) is 21.7. The van der Waals surface area contributed by atoms with E-state index in [4.69, 9.17) is 16.7 Å². The molecule has 0 aliphatic heterocycles. The normalized spacial score (nSPS) is 10.7. The number of carbonyl (C=O) groups is 2. The average molecular weight is 271 g/mol. The molecule has 1 N–H and O–H groups in total. The first-order valence-corrected chi connectivity index (χ1v) is 6.20. The lowest BCUT2D eigenvalue weighted by Crippen LogP contribution is -1.99.